The Bertz CT molecular complexity index is 771. The van der Waals surface area contributed by atoms with Crippen LogP contribution in [0.2, 0.25) is 0 Å². The fraction of sp³-hybridized carbons (Fsp3) is 0.438. The first-order valence-electron chi connectivity index (χ1n) is 7.71. The molecule has 1 saturated heterocycles. The zero-order valence-electron chi connectivity index (χ0n) is 13.0. The van der Waals surface area contributed by atoms with Gasteiger partial charge in [0, 0.05) is 18.8 Å². The molecule has 0 spiro atoms. The highest BCUT2D eigenvalue weighted by Gasteiger charge is 2.30. The molecular weight excluding hydrogens is 317 g/mol. The number of H-pyrrole nitrogens is 1. The Morgan fingerprint density at radius 2 is 2.09 bits per heavy atom. The molecule has 3 rings (SSSR count). The Hall–Kier alpha value is -1.73. The summed E-state index contributed by atoms with van der Waals surface area (Å²) >= 11 is 0. The number of aryl methyl sites for hydroxylation is 1. The molecule has 0 unspecified atom stereocenters. The molecule has 1 N–H and O–H groups in total. The molecular formula is C16H20FN3O2S. The SMILES string of the molecule is Cc1cn[nH]c1C[C@H]1CCCN(S(=O)(=O)c2ccc(F)cc2)C1. The summed E-state index contributed by atoms with van der Waals surface area (Å²) in [5.41, 5.74) is 2.17. The second kappa shape index (κ2) is 6.41. The smallest absolute Gasteiger partial charge is 0.243 e. The van der Waals surface area contributed by atoms with Gasteiger partial charge in [-0.25, -0.2) is 12.8 Å². The van der Waals surface area contributed by atoms with Crippen LogP contribution in [-0.4, -0.2) is 36.0 Å². The lowest BCUT2D eigenvalue weighted by atomic mass is 9.94. The minimum absolute atomic E-state index is 0.150. The highest BCUT2D eigenvalue weighted by Crippen LogP contribution is 2.26. The summed E-state index contributed by atoms with van der Waals surface area (Å²) in [5, 5.41) is 7.00. The van der Waals surface area contributed by atoms with Crippen LogP contribution in [0.5, 0.6) is 0 Å². The van der Waals surface area contributed by atoms with Gasteiger partial charge in [-0.15, -0.1) is 0 Å². The Morgan fingerprint density at radius 3 is 2.74 bits per heavy atom. The number of benzene rings is 1. The van der Waals surface area contributed by atoms with E-state index in [4.69, 9.17) is 0 Å². The van der Waals surface area contributed by atoms with Gasteiger partial charge in [-0.05, 0) is 61.9 Å². The lowest BCUT2D eigenvalue weighted by Crippen LogP contribution is -2.40. The van der Waals surface area contributed by atoms with E-state index in [1.807, 2.05) is 6.92 Å². The lowest BCUT2D eigenvalue weighted by Gasteiger charge is -2.31. The van der Waals surface area contributed by atoms with E-state index in [2.05, 4.69) is 10.2 Å². The standard InChI is InChI=1S/C16H20FN3O2S/c1-12-10-18-19-16(12)9-13-3-2-8-20(11-13)23(21,22)15-6-4-14(17)5-7-15/h4-7,10,13H,2-3,8-9,11H2,1H3,(H,18,19)/t13-/m1/s1. The van der Waals surface area contributed by atoms with Crippen LogP contribution in [0.3, 0.4) is 0 Å². The van der Waals surface area contributed by atoms with Crippen LogP contribution >= 0.6 is 0 Å². The molecule has 0 amide bonds. The Labute approximate surface area is 135 Å². The number of nitrogens with one attached hydrogen (secondary N) is 1. The molecule has 1 aliphatic rings. The monoisotopic (exact) mass is 337 g/mol. The van der Waals surface area contributed by atoms with E-state index in [1.165, 1.54) is 28.6 Å². The number of rotatable bonds is 4. The van der Waals surface area contributed by atoms with Crippen molar-refractivity contribution in [3.8, 4) is 0 Å². The lowest BCUT2D eigenvalue weighted by molar-refractivity contribution is 0.264. The van der Waals surface area contributed by atoms with E-state index in [1.54, 1.807) is 6.20 Å². The summed E-state index contributed by atoms with van der Waals surface area (Å²) in [7, 11) is -3.56. The van der Waals surface area contributed by atoms with E-state index in [0.29, 0.717) is 13.1 Å². The molecule has 124 valence electrons. The number of hydrogen-bond acceptors (Lipinski definition) is 3. The van der Waals surface area contributed by atoms with Crippen LogP contribution in [0.25, 0.3) is 0 Å². The highest BCUT2D eigenvalue weighted by molar-refractivity contribution is 7.89. The summed E-state index contributed by atoms with van der Waals surface area (Å²) in [6.07, 6.45) is 4.40. The average Bonchev–Trinajstić information content (AvgIpc) is 2.93. The number of sulfonamides is 1. The van der Waals surface area contributed by atoms with Crippen molar-refractivity contribution in [2.24, 2.45) is 5.92 Å². The summed E-state index contributed by atoms with van der Waals surface area (Å²) in [4.78, 5) is 0.150. The van der Waals surface area contributed by atoms with Gasteiger partial charge in [0.1, 0.15) is 5.82 Å². The molecule has 0 aliphatic carbocycles. The van der Waals surface area contributed by atoms with Gasteiger partial charge >= 0.3 is 0 Å². The molecule has 1 atom stereocenters. The van der Waals surface area contributed by atoms with Gasteiger partial charge < -0.3 is 0 Å². The molecule has 2 aromatic rings. The van der Waals surface area contributed by atoms with Gasteiger partial charge in [0.05, 0.1) is 11.1 Å². The third-order valence-electron chi connectivity index (χ3n) is 4.36. The molecule has 1 aromatic carbocycles. The number of halogens is 1. The number of aromatic amines is 1. The third-order valence-corrected chi connectivity index (χ3v) is 6.24. The Morgan fingerprint density at radius 1 is 1.35 bits per heavy atom. The second-order valence-corrected chi connectivity index (χ2v) is 8.00. The van der Waals surface area contributed by atoms with Crippen molar-refractivity contribution in [1.82, 2.24) is 14.5 Å². The minimum atomic E-state index is -3.56. The van der Waals surface area contributed by atoms with Gasteiger partial charge in [0.15, 0.2) is 0 Å². The van der Waals surface area contributed by atoms with E-state index in [-0.39, 0.29) is 10.8 Å². The number of piperidine rings is 1. The minimum Gasteiger partial charge on any atom is -0.282 e. The predicted molar refractivity (Wildman–Crippen MR) is 84.9 cm³/mol. The van der Waals surface area contributed by atoms with E-state index >= 15 is 0 Å². The quantitative estimate of drug-likeness (QED) is 0.932. The van der Waals surface area contributed by atoms with Crippen molar-refractivity contribution in [2.45, 2.75) is 31.1 Å². The zero-order valence-corrected chi connectivity index (χ0v) is 13.8. The number of aromatic nitrogens is 2. The molecule has 0 saturated carbocycles. The topological polar surface area (TPSA) is 66.1 Å². The molecule has 0 radical (unpaired) electrons. The van der Waals surface area contributed by atoms with Crippen LogP contribution < -0.4 is 0 Å². The first-order valence-corrected chi connectivity index (χ1v) is 9.15. The van der Waals surface area contributed by atoms with Crippen molar-refractivity contribution < 1.29 is 12.8 Å². The molecule has 5 nitrogen and oxygen atoms in total. The fourth-order valence-corrected chi connectivity index (χ4v) is 4.59. The fourth-order valence-electron chi connectivity index (χ4n) is 3.04. The first-order chi connectivity index (χ1) is 11.0. The van der Waals surface area contributed by atoms with Gasteiger partial charge in [-0.2, -0.15) is 9.40 Å². The molecule has 1 aliphatic heterocycles. The van der Waals surface area contributed by atoms with Gasteiger partial charge in [0.25, 0.3) is 0 Å². The highest BCUT2D eigenvalue weighted by atomic mass is 32.2. The predicted octanol–water partition coefficient (Wildman–Crippen LogP) is 2.50. The van der Waals surface area contributed by atoms with Gasteiger partial charge in [-0.3, -0.25) is 5.10 Å². The van der Waals surface area contributed by atoms with Gasteiger partial charge in [-0.1, -0.05) is 0 Å². The maximum atomic E-state index is 13.0. The first kappa shape index (κ1) is 16.1. The van der Waals surface area contributed by atoms with Gasteiger partial charge in [0.2, 0.25) is 10.0 Å². The molecule has 23 heavy (non-hydrogen) atoms. The zero-order chi connectivity index (χ0) is 16.4. The van der Waals surface area contributed by atoms with Crippen molar-refractivity contribution in [1.29, 1.82) is 0 Å². The van der Waals surface area contributed by atoms with Crippen LogP contribution in [0, 0.1) is 18.7 Å². The summed E-state index contributed by atoms with van der Waals surface area (Å²) in [5.74, 6) is -0.173. The molecule has 2 heterocycles. The average molecular weight is 337 g/mol. The number of nitrogens with zero attached hydrogens (tertiary/aromatic N) is 2. The van der Waals surface area contributed by atoms with Crippen LogP contribution in [0.4, 0.5) is 4.39 Å². The Balaban J connectivity index is 1.75. The third kappa shape index (κ3) is 3.45. The maximum Gasteiger partial charge on any atom is 0.243 e. The van der Waals surface area contributed by atoms with E-state index in [9.17, 15) is 12.8 Å². The molecule has 1 fully saturated rings. The van der Waals surface area contributed by atoms with Crippen LogP contribution in [0.1, 0.15) is 24.1 Å². The second-order valence-electron chi connectivity index (χ2n) is 6.06. The molecule has 1 aromatic heterocycles. The normalized spacial score (nSPS) is 19.8. The molecule has 7 heteroatoms. The van der Waals surface area contributed by atoms with Crippen molar-refractivity contribution >= 4 is 10.0 Å². The van der Waals surface area contributed by atoms with Crippen LogP contribution in [0.15, 0.2) is 35.4 Å². The van der Waals surface area contributed by atoms with Crippen molar-refractivity contribution in [2.75, 3.05) is 13.1 Å². The van der Waals surface area contributed by atoms with Crippen LogP contribution in [-0.2, 0) is 16.4 Å². The van der Waals surface area contributed by atoms with E-state index < -0.39 is 15.8 Å². The summed E-state index contributed by atoms with van der Waals surface area (Å²) in [6.45, 7) is 2.99. The number of hydrogen-bond donors (Lipinski definition) is 1. The van der Waals surface area contributed by atoms with E-state index in [0.717, 1.165) is 30.5 Å². The maximum absolute atomic E-state index is 13.0. The largest absolute Gasteiger partial charge is 0.282 e. The molecule has 0 bridgehead atoms. The Kier molecular flexibility index (Phi) is 4.50. The van der Waals surface area contributed by atoms with Crippen molar-refractivity contribution in [3.05, 3.63) is 47.5 Å². The summed E-state index contributed by atoms with van der Waals surface area (Å²) in [6, 6.07) is 5.02. The van der Waals surface area contributed by atoms with Crippen molar-refractivity contribution in [3.63, 3.8) is 0 Å². The summed E-state index contributed by atoms with van der Waals surface area (Å²) < 4.78 is 39.9.